The molecule has 2 fully saturated rings. The van der Waals surface area contributed by atoms with Gasteiger partial charge in [0, 0.05) is 6.04 Å². The fourth-order valence-electron chi connectivity index (χ4n) is 4.42. The Kier molecular flexibility index (Phi) is 5.00. The third kappa shape index (κ3) is 3.34. The molecule has 2 saturated carbocycles. The van der Waals surface area contributed by atoms with Crippen molar-refractivity contribution in [3.05, 3.63) is 35.4 Å². The second kappa shape index (κ2) is 6.96. The van der Waals surface area contributed by atoms with Gasteiger partial charge in [-0.2, -0.15) is 0 Å². The molecule has 0 radical (unpaired) electrons. The van der Waals surface area contributed by atoms with Gasteiger partial charge >= 0.3 is 0 Å². The molecule has 3 atom stereocenters. The normalized spacial score (nSPS) is 28.1. The van der Waals surface area contributed by atoms with Gasteiger partial charge in [0.05, 0.1) is 0 Å². The van der Waals surface area contributed by atoms with Gasteiger partial charge in [-0.3, -0.25) is 0 Å². The fraction of sp³-hybridized carbons (Fsp3) is 0.700. The molecule has 1 aromatic rings. The van der Waals surface area contributed by atoms with Crippen LogP contribution >= 0.6 is 0 Å². The van der Waals surface area contributed by atoms with Crippen molar-refractivity contribution in [1.29, 1.82) is 0 Å². The highest BCUT2D eigenvalue weighted by Crippen LogP contribution is 2.43. The SMILES string of the molecule is CCNC(c1ccccc1C1CCC1)C1CCCC(C)C1. The number of rotatable bonds is 5. The first kappa shape index (κ1) is 15.1. The predicted molar refractivity (Wildman–Crippen MR) is 90.6 cm³/mol. The van der Waals surface area contributed by atoms with Crippen molar-refractivity contribution in [1.82, 2.24) is 5.32 Å². The van der Waals surface area contributed by atoms with Gasteiger partial charge in [-0.05, 0) is 61.1 Å². The summed E-state index contributed by atoms with van der Waals surface area (Å²) in [6, 6.07) is 9.86. The average molecular weight is 285 g/mol. The molecular weight excluding hydrogens is 254 g/mol. The molecule has 2 aliphatic carbocycles. The third-order valence-corrected chi connectivity index (χ3v) is 5.75. The van der Waals surface area contributed by atoms with E-state index in [1.54, 1.807) is 11.1 Å². The molecular formula is C20H31N. The first-order chi connectivity index (χ1) is 10.3. The van der Waals surface area contributed by atoms with Crippen LogP contribution in [0.4, 0.5) is 0 Å². The zero-order chi connectivity index (χ0) is 14.7. The topological polar surface area (TPSA) is 12.0 Å². The van der Waals surface area contributed by atoms with E-state index in [0.717, 1.165) is 24.3 Å². The van der Waals surface area contributed by atoms with Crippen LogP contribution in [-0.4, -0.2) is 6.54 Å². The van der Waals surface area contributed by atoms with E-state index in [1.165, 1.54) is 44.9 Å². The van der Waals surface area contributed by atoms with Gasteiger partial charge in [-0.15, -0.1) is 0 Å². The van der Waals surface area contributed by atoms with Crippen molar-refractivity contribution in [3.8, 4) is 0 Å². The van der Waals surface area contributed by atoms with Gasteiger partial charge in [-0.1, -0.05) is 57.4 Å². The lowest BCUT2D eigenvalue weighted by Gasteiger charge is -2.37. The number of hydrogen-bond donors (Lipinski definition) is 1. The molecule has 116 valence electrons. The Labute approximate surface area is 130 Å². The zero-order valence-electron chi connectivity index (χ0n) is 13.8. The van der Waals surface area contributed by atoms with Crippen LogP contribution in [0.5, 0.6) is 0 Å². The third-order valence-electron chi connectivity index (χ3n) is 5.75. The van der Waals surface area contributed by atoms with Gasteiger partial charge in [0.2, 0.25) is 0 Å². The van der Waals surface area contributed by atoms with Gasteiger partial charge < -0.3 is 5.32 Å². The largest absolute Gasteiger partial charge is 0.310 e. The molecule has 1 heteroatoms. The fourth-order valence-corrected chi connectivity index (χ4v) is 4.42. The molecule has 0 bridgehead atoms. The summed E-state index contributed by atoms with van der Waals surface area (Å²) in [5, 5.41) is 3.83. The molecule has 3 rings (SSSR count). The minimum Gasteiger partial charge on any atom is -0.310 e. The highest BCUT2D eigenvalue weighted by molar-refractivity contribution is 5.34. The molecule has 1 nitrogen and oxygen atoms in total. The first-order valence-corrected chi connectivity index (χ1v) is 9.11. The van der Waals surface area contributed by atoms with Crippen LogP contribution < -0.4 is 5.32 Å². The number of hydrogen-bond acceptors (Lipinski definition) is 1. The van der Waals surface area contributed by atoms with E-state index in [0.29, 0.717) is 6.04 Å². The molecule has 0 aromatic heterocycles. The predicted octanol–water partition coefficient (Wildman–Crippen LogP) is 5.43. The van der Waals surface area contributed by atoms with Gasteiger partial charge in [0.15, 0.2) is 0 Å². The van der Waals surface area contributed by atoms with Crippen molar-refractivity contribution < 1.29 is 0 Å². The summed E-state index contributed by atoms with van der Waals surface area (Å²) in [4.78, 5) is 0. The number of benzene rings is 1. The van der Waals surface area contributed by atoms with E-state index < -0.39 is 0 Å². The van der Waals surface area contributed by atoms with Crippen LogP contribution in [0.1, 0.15) is 81.9 Å². The second-order valence-corrected chi connectivity index (χ2v) is 7.32. The van der Waals surface area contributed by atoms with E-state index in [1.807, 2.05) is 0 Å². The summed E-state index contributed by atoms with van der Waals surface area (Å²) in [6.45, 7) is 5.77. The molecule has 0 amide bonds. The van der Waals surface area contributed by atoms with Crippen molar-refractivity contribution in [2.75, 3.05) is 6.54 Å². The van der Waals surface area contributed by atoms with Gasteiger partial charge in [0.25, 0.3) is 0 Å². The summed E-state index contributed by atoms with van der Waals surface area (Å²) in [5.41, 5.74) is 3.26. The summed E-state index contributed by atoms with van der Waals surface area (Å²) in [7, 11) is 0. The zero-order valence-corrected chi connectivity index (χ0v) is 13.8. The molecule has 0 heterocycles. The minimum atomic E-state index is 0.578. The van der Waals surface area contributed by atoms with E-state index in [9.17, 15) is 0 Å². The maximum absolute atomic E-state index is 3.83. The monoisotopic (exact) mass is 285 g/mol. The summed E-state index contributed by atoms with van der Waals surface area (Å²) in [6.07, 6.45) is 9.87. The van der Waals surface area contributed by atoms with Crippen molar-refractivity contribution in [2.45, 2.75) is 70.8 Å². The molecule has 2 aliphatic rings. The van der Waals surface area contributed by atoms with Crippen LogP contribution in [0.15, 0.2) is 24.3 Å². The molecule has 3 unspecified atom stereocenters. The molecule has 1 N–H and O–H groups in total. The van der Waals surface area contributed by atoms with Crippen molar-refractivity contribution in [3.63, 3.8) is 0 Å². The Bertz CT molecular complexity index is 449. The van der Waals surface area contributed by atoms with E-state index in [2.05, 4.69) is 43.4 Å². The highest BCUT2D eigenvalue weighted by Gasteiger charge is 2.31. The Morgan fingerprint density at radius 1 is 1.10 bits per heavy atom. The second-order valence-electron chi connectivity index (χ2n) is 7.32. The average Bonchev–Trinajstić information content (AvgIpc) is 2.44. The summed E-state index contributed by atoms with van der Waals surface area (Å²) in [5.74, 6) is 2.57. The summed E-state index contributed by atoms with van der Waals surface area (Å²) < 4.78 is 0. The maximum atomic E-state index is 3.83. The molecule has 0 spiro atoms. The lowest BCUT2D eigenvalue weighted by atomic mass is 9.72. The van der Waals surface area contributed by atoms with Crippen LogP contribution in [-0.2, 0) is 0 Å². The standard InChI is InChI=1S/C20H31N/c1-3-21-20(17-11-6-8-15(2)14-17)19-13-5-4-12-18(19)16-9-7-10-16/h4-5,12-13,15-17,20-21H,3,6-11,14H2,1-2H3. The number of nitrogens with one attached hydrogen (secondary N) is 1. The van der Waals surface area contributed by atoms with E-state index in [4.69, 9.17) is 0 Å². The van der Waals surface area contributed by atoms with Gasteiger partial charge in [-0.25, -0.2) is 0 Å². The lowest BCUT2D eigenvalue weighted by molar-refractivity contribution is 0.223. The smallest absolute Gasteiger partial charge is 0.0351 e. The van der Waals surface area contributed by atoms with Crippen molar-refractivity contribution >= 4 is 0 Å². The van der Waals surface area contributed by atoms with Crippen LogP contribution in [0.2, 0.25) is 0 Å². The Balaban J connectivity index is 1.86. The van der Waals surface area contributed by atoms with Crippen LogP contribution in [0, 0.1) is 11.8 Å². The van der Waals surface area contributed by atoms with Gasteiger partial charge in [0.1, 0.15) is 0 Å². The Morgan fingerprint density at radius 2 is 1.86 bits per heavy atom. The minimum absolute atomic E-state index is 0.578. The molecule has 0 aliphatic heterocycles. The Morgan fingerprint density at radius 3 is 2.52 bits per heavy atom. The Hall–Kier alpha value is -0.820. The maximum Gasteiger partial charge on any atom is 0.0351 e. The van der Waals surface area contributed by atoms with E-state index in [-0.39, 0.29) is 0 Å². The van der Waals surface area contributed by atoms with Crippen molar-refractivity contribution in [2.24, 2.45) is 11.8 Å². The van der Waals surface area contributed by atoms with E-state index >= 15 is 0 Å². The first-order valence-electron chi connectivity index (χ1n) is 9.11. The molecule has 0 saturated heterocycles. The van der Waals surface area contributed by atoms with Crippen LogP contribution in [0.3, 0.4) is 0 Å². The highest BCUT2D eigenvalue weighted by atomic mass is 14.9. The summed E-state index contributed by atoms with van der Waals surface area (Å²) >= 11 is 0. The molecule has 21 heavy (non-hydrogen) atoms. The lowest BCUT2D eigenvalue weighted by Crippen LogP contribution is -2.32. The van der Waals surface area contributed by atoms with Crippen LogP contribution in [0.25, 0.3) is 0 Å². The molecule has 1 aromatic carbocycles. The quantitative estimate of drug-likeness (QED) is 0.760.